The van der Waals surface area contributed by atoms with E-state index >= 15 is 0 Å². The second kappa shape index (κ2) is 5.87. The Morgan fingerprint density at radius 1 is 1.15 bits per heavy atom. The molecule has 1 saturated carbocycles. The lowest BCUT2D eigenvalue weighted by Gasteiger charge is -2.26. The van der Waals surface area contributed by atoms with Crippen molar-refractivity contribution < 1.29 is 9.53 Å². The number of nitrogens with one attached hydrogen (secondary N) is 1. The molecule has 2 saturated heterocycles. The fourth-order valence-electron chi connectivity index (χ4n) is 4.89. The van der Waals surface area contributed by atoms with Gasteiger partial charge in [0.05, 0.1) is 35.0 Å². The molecule has 6 nitrogen and oxygen atoms in total. The van der Waals surface area contributed by atoms with Crippen molar-refractivity contribution in [1.82, 2.24) is 15.0 Å². The van der Waals surface area contributed by atoms with Gasteiger partial charge >= 0.3 is 0 Å². The summed E-state index contributed by atoms with van der Waals surface area (Å²) >= 11 is 11.9. The normalized spacial score (nSPS) is 36.7. The molecule has 3 aliphatic rings. The molecular formula is C18H16Cl2N4O2. The summed E-state index contributed by atoms with van der Waals surface area (Å²) in [5.41, 5.74) is 1.47. The van der Waals surface area contributed by atoms with Gasteiger partial charge in [0.2, 0.25) is 5.91 Å². The van der Waals surface area contributed by atoms with Crippen molar-refractivity contribution in [2.24, 2.45) is 23.7 Å². The van der Waals surface area contributed by atoms with Crippen molar-refractivity contribution in [1.29, 1.82) is 0 Å². The van der Waals surface area contributed by atoms with E-state index in [1.54, 1.807) is 18.5 Å². The maximum absolute atomic E-state index is 13.1. The number of pyridine rings is 1. The van der Waals surface area contributed by atoms with Crippen LogP contribution in [0.5, 0.6) is 0 Å². The highest BCUT2D eigenvalue weighted by molar-refractivity contribution is 6.41. The minimum atomic E-state index is -0.286. The number of carbonyl (C=O) groups is 1. The fraction of sp³-hybridized carbons (Fsp3) is 0.444. The molecule has 8 heteroatoms. The Kier molecular flexibility index (Phi) is 3.71. The van der Waals surface area contributed by atoms with Gasteiger partial charge in [-0.25, -0.2) is 15.0 Å². The topological polar surface area (TPSA) is 77.0 Å². The van der Waals surface area contributed by atoms with Crippen LogP contribution in [-0.2, 0) is 9.53 Å². The van der Waals surface area contributed by atoms with Gasteiger partial charge in [0.15, 0.2) is 0 Å². The molecule has 0 aromatic carbocycles. The van der Waals surface area contributed by atoms with Crippen LogP contribution in [0.15, 0.2) is 31.0 Å². The third-order valence-electron chi connectivity index (χ3n) is 6.02. The highest BCUT2D eigenvalue weighted by atomic mass is 35.5. The van der Waals surface area contributed by atoms with Crippen LogP contribution < -0.4 is 5.32 Å². The van der Waals surface area contributed by atoms with Crippen molar-refractivity contribution in [2.75, 3.05) is 5.32 Å². The number of hydrogen-bond donors (Lipinski definition) is 1. The Balaban J connectivity index is 1.45. The van der Waals surface area contributed by atoms with Gasteiger partial charge in [-0.2, -0.15) is 0 Å². The minimum absolute atomic E-state index is 0.0388. The van der Waals surface area contributed by atoms with E-state index in [-0.39, 0.29) is 35.1 Å². The number of nitrogens with zero attached hydrogens (tertiary/aromatic N) is 3. The smallest absolute Gasteiger partial charge is 0.230 e. The third kappa shape index (κ3) is 2.36. The summed E-state index contributed by atoms with van der Waals surface area (Å²) in [4.78, 5) is 25.4. The zero-order valence-electron chi connectivity index (χ0n) is 13.8. The Labute approximate surface area is 160 Å². The Hall–Kier alpha value is -1.76. The number of halogens is 2. The van der Waals surface area contributed by atoms with Crippen LogP contribution in [0.4, 0.5) is 5.69 Å². The molecule has 1 aliphatic carbocycles. The van der Waals surface area contributed by atoms with Gasteiger partial charge < -0.3 is 10.1 Å². The molecule has 3 fully saturated rings. The van der Waals surface area contributed by atoms with Crippen LogP contribution in [0, 0.1) is 23.7 Å². The first-order valence-corrected chi connectivity index (χ1v) is 9.34. The van der Waals surface area contributed by atoms with E-state index in [9.17, 15) is 4.79 Å². The molecular weight excluding hydrogens is 375 g/mol. The van der Waals surface area contributed by atoms with Crippen molar-refractivity contribution in [3.63, 3.8) is 0 Å². The van der Waals surface area contributed by atoms with Crippen LogP contribution in [-0.4, -0.2) is 33.1 Å². The summed E-state index contributed by atoms with van der Waals surface area (Å²) in [7, 11) is 0. The number of hydrogen-bond acceptors (Lipinski definition) is 5. The largest absolute Gasteiger partial charge is 0.373 e. The number of ether oxygens (including phenoxy) is 1. The molecule has 4 heterocycles. The molecule has 26 heavy (non-hydrogen) atoms. The van der Waals surface area contributed by atoms with E-state index in [1.165, 1.54) is 12.5 Å². The molecule has 1 amide bonds. The van der Waals surface area contributed by atoms with Crippen LogP contribution >= 0.6 is 23.2 Å². The third-order valence-corrected chi connectivity index (χ3v) is 6.70. The second-order valence-electron chi connectivity index (χ2n) is 7.29. The molecule has 0 radical (unpaired) electrons. The summed E-state index contributed by atoms with van der Waals surface area (Å²) in [6.45, 7) is 2.24. The number of carbonyl (C=O) groups excluding carboxylic acids is 1. The fourth-order valence-corrected chi connectivity index (χ4v) is 5.16. The van der Waals surface area contributed by atoms with E-state index in [1.807, 2.05) is 0 Å². The maximum Gasteiger partial charge on any atom is 0.230 e. The quantitative estimate of drug-likeness (QED) is 0.814. The number of anilines is 1. The lowest BCUT2D eigenvalue weighted by atomic mass is 9.75. The summed E-state index contributed by atoms with van der Waals surface area (Å²) in [6.07, 6.45) is 6.55. The van der Waals surface area contributed by atoms with Gasteiger partial charge in [0.25, 0.3) is 0 Å². The highest BCUT2D eigenvalue weighted by Crippen LogP contribution is 2.68. The van der Waals surface area contributed by atoms with E-state index < -0.39 is 0 Å². The van der Waals surface area contributed by atoms with Crippen LogP contribution in [0.2, 0.25) is 10.2 Å². The van der Waals surface area contributed by atoms with Crippen LogP contribution in [0.3, 0.4) is 0 Å². The lowest BCUT2D eigenvalue weighted by molar-refractivity contribution is -0.122. The molecule has 2 aromatic heterocycles. The molecule has 5 rings (SSSR count). The molecule has 2 bridgehead atoms. The second-order valence-corrected chi connectivity index (χ2v) is 8.05. The van der Waals surface area contributed by atoms with Gasteiger partial charge in [-0.3, -0.25) is 4.79 Å². The van der Waals surface area contributed by atoms with Crippen molar-refractivity contribution in [3.05, 3.63) is 46.7 Å². The Morgan fingerprint density at radius 3 is 2.62 bits per heavy atom. The van der Waals surface area contributed by atoms with E-state index in [2.05, 4.69) is 27.2 Å². The van der Waals surface area contributed by atoms with Gasteiger partial charge in [-0.15, -0.1) is 0 Å². The van der Waals surface area contributed by atoms with Gasteiger partial charge in [-0.05, 0) is 29.4 Å². The molecule has 134 valence electrons. The molecule has 2 aromatic rings. The van der Waals surface area contributed by atoms with Gasteiger partial charge in [0, 0.05) is 18.3 Å². The van der Waals surface area contributed by atoms with Gasteiger partial charge in [-0.1, -0.05) is 30.1 Å². The zero-order chi connectivity index (χ0) is 18.0. The number of aromatic nitrogens is 3. The average Bonchev–Trinajstić information content (AvgIpc) is 3.02. The first-order chi connectivity index (χ1) is 12.6. The van der Waals surface area contributed by atoms with Crippen LogP contribution in [0.25, 0.3) is 0 Å². The van der Waals surface area contributed by atoms with Crippen LogP contribution in [0.1, 0.15) is 18.4 Å². The lowest BCUT2D eigenvalue weighted by Crippen LogP contribution is -2.37. The SMILES string of the molecule is CC1C2C1[C@@H]1O[C@H]2[C@H](C(=O)Nc2cnc(Cl)c(Cl)c2)[C@H]1c1cncnc1. The molecule has 0 spiro atoms. The summed E-state index contributed by atoms with van der Waals surface area (Å²) < 4.78 is 6.21. The summed E-state index contributed by atoms with van der Waals surface area (Å²) in [6, 6.07) is 1.60. The predicted molar refractivity (Wildman–Crippen MR) is 96.0 cm³/mol. The average molecular weight is 391 g/mol. The van der Waals surface area contributed by atoms with Crippen molar-refractivity contribution in [3.8, 4) is 0 Å². The number of rotatable bonds is 3. The van der Waals surface area contributed by atoms with Gasteiger partial charge in [0.1, 0.15) is 11.5 Å². The first kappa shape index (κ1) is 16.4. The van der Waals surface area contributed by atoms with Crippen molar-refractivity contribution >= 4 is 34.8 Å². The standard InChI is InChI=1S/C18H16Cl2N4O2/c1-7-11-12(7)16-14(13(15(11)26-16)8-3-21-6-22-4-8)18(25)24-9-2-10(19)17(20)23-5-9/h2-7,11-16H,1H3,(H,24,25)/t7?,11?,12?,13-,14-,15+,16-/m1/s1. The Morgan fingerprint density at radius 2 is 1.88 bits per heavy atom. The van der Waals surface area contributed by atoms with E-state index in [0.29, 0.717) is 28.5 Å². The highest BCUT2D eigenvalue weighted by Gasteiger charge is 2.72. The number of amides is 1. The summed E-state index contributed by atoms with van der Waals surface area (Å²) in [5, 5.41) is 3.44. The Bertz CT molecular complexity index is 881. The maximum atomic E-state index is 13.1. The first-order valence-electron chi connectivity index (χ1n) is 8.58. The zero-order valence-corrected chi connectivity index (χ0v) is 15.4. The van der Waals surface area contributed by atoms with Crippen molar-refractivity contribution in [2.45, 2.75) is 25.0 Å². The monoisotopic (exact) mass is 390 g/mol. The van der Waals surface area contributed by atoms with E-state index in [4.69, 9.17) is 27.9 Å². The molecule has 3 unspecified atom stereocenters. The number of fused-ring (bicyclic) bond motifs is 5. The summed E-state index contributed by atoms with van der Waals surface area (Å²) in [5.74, 6) is 1.17. The van der Waals surface area contributed by atoms with E-state index in [0.717, 1.165) is 5.56 Å². The molecule has 1 N–H and O–H groups in total. The molecule has 2 aliphatic heterocycles. The predicted octanol–water partition coefficient (Wildman–Crippen LogP) is 3.18. The minimum Gasteiger partial charge on any atom is -0.373 e. The molecule has 7 atom stereocenters.